The van der Waals surface area contributed by atoms with E-state index in [4.69, 9.17) is 5.73 Å². The lowest BCUT2D eigenvalue weighted by molar-refractivity contribution is -0.113. The van der Waals surface area contributed by atoms with Crippen LogP contribution in [0.4, 0.5) is 11.4 Å². The van der Waals surface area contributed by atoms with Crippen LogP contribution >= 0.6 is 11.8 Å². The van der Waals surface area contributed by atoms with Gasteiger partial charge >= 0.3 is 0 Å². The van der Waals surface area contributed by atoms with Gasteiger partial charge in [0.05, 0.1) is 5.75 Å². The van der Waals surface area contributed by atoms with E-state index in [1.165, 1.54) is 25.7 Å². The Labute approximate surface area is 106 Å². The summed E-state index contributed by atoms with van der Waals surface area (Å²) in [5.74, 6) is 0.626. The summed E-state index contributed by atoms with van der Waals surface area (Å²) in [6.07, 6.45) is 5.16. The Bertz CT molecular complexity index is 372. The van der Waals surface area contributed by atoms with Gasteiger partial charge in [-0.3, -0.25) is 4.79 Å². The highest BCUT2D eigenvalue weighted by molar-refractivity contribution is 8.00. The highest BCUT2D eigenvalue weighted by atomic mass is 32.2. The van der Waals surface area contributed by atoms with Crippen LogP contribution in [0.3, 0.4) is 0 Å². The number of hydrogen-bond acceptors (Lipinski definition) is 3. The van der Waals surface area contributed by atoms with E-state index in [-0.39, 0.29) is 5.91 Å². The smallest absolute Gasteiger partial charge is 0.234 e. The quantitative estimate of drug-likeness (QED) is 0.808. The fourth-order valence-corrected chi connectivity index (χ4v) is 3.14. The van der Waals surface area contributed by atoms with E-state index in [0.717, 1.165) is 5.69 Å². The average molecular weight is 250 g/mol. The third kappa shape index (κ3) is 3.97. The molecule has 0 aliphatic heterocycles. The molecule has 3 N–H and O–H groups in total. The summed E-state index contributed by atoms with van der Waals surface area (Å²) < 4.78 is 0. The van der Waals surface area contributed by atoms with Gasteiger partial charge in [-0.15, -0.1) is 11.8 Å². The number of thioether (sulfide) groups is 1. The van der Waals surface area contributed by atoms with Gasteiger partial charge < -0.3 is 11.1 Å². The Kier molecular flexibility index (Phi) is 4.31. The second kappa shape index (κ2) is 5.96. The van der Waals surface area contributed by atoms with Gasteiger partial charge in [-0.25, -0.2) is 0 Å². The molecule has 1 saturated carbocycles. The van der Waals surface area contributed by atoms with Gasteiger partial charge in [0, 0.05) is 16.6 Å². The van der Waals surface area contributed by atoms with Gasteiger partial charge in [0.2, 0.25) is 5.91 Å². The summed E-state index contributed by atoms with van der Waals surface area (Å²) in [4.78, 5) is 11.7. The molecule has 0 heterocycles. The van der Waals surface area contributed by atoms with Gasteiger partial charge in [0.15, 0.2) is 0 Å². The number of hydrogen-bond donors (Lipinski definition) is 2. The molecule has 1 aliphatic carbocycles. The highest BCUT2D eigenvalue weighted by Gasteiger charge is 2.16. The van der Waals surface area contributed by atoms with Crippen LogP contribution in [0.2, 0.25) is 0 Å². The number of anilines is 2. The Morgan fingerprint density at radius 3 is 2.59 bits per heavy atom. The minimum Gasteiger partial charge on any atom is -0.399 e. The van der Waals surface area contributed by atoms with Crippen LogP contribution < -0.4 is 11.1 Å². The van der Waals surface area contributed by atoms with Gasteiger partial charge in [-0.1, -0.05) is 12.8 Å². The lowest BCUT2D eigenvalue weighted by atomic mass is 10.3. The third-order valence-electron chi connectivity index (χ3n) is 2.95. The van der Waals surface area contributed by atoms with Gasteiger partial charge in [0.25, 0.3) is 0 Å². The number of benzene rings is 1. The SMILES string of the molecule is Nc1ccc(NC(=O)CSC2CCCC2)cc1. The van der Waals surface area contributed by atoms with E-state index in [1.54, 1.807) is 23.9 Å². The molecular formula is C13H18N2OS. The number of nitrogens with two attached hydrogens (primary N) is 1. The van der Waals surface area contributed by atoms with Crippen molar-refractivity contribution in [2.75, 3.05) is 16.8 Å². The lowest BCUT2D eigenvalue weighted by Gasteiger charge is -2.09. The third-order valence-corrected chi connectivity index (χ3v) is 4.32. The first-order valence-corrected chi connectivity index (χ1v) is 7.06. The molecule has 1 aromatic carbocycles. The molecule has 1 aromatic rings. The van der Waals surface area contributed by atoms with Crippen LogP contribution in [0.25, 0.3) is 0 Å². The van der Waals surface area contributed by atoms with Crippen molar-refractivity contribution < 1.29 is 4.79 Å². The number of amides is 1. The molecule has 1 aliphatic rings. The molecule has 1 amide bonds. The van der Waals surface area contributed by atoms with E-state index in [9.17, 15) is 4.79 Å². The van der Waals surface area contributed by atoms with Crippen molar-refractivity contribution in [3.63, 3.8) is 0 Å². The molecule has 3 nitrogen and oxygen atoms in total. The van der Waals surface area contributed by atoms with Crippen LogP contribution in [0.5, 0.6) is 0 Å². The van der Waals surface area contributed by atoms with Crippen LogP contribution in [0.15, 0.2) is 24.3 Å². The second-order valence-electron chi connectivity index (χ2n) is 4.39. The number of carbonyl (C=O) groups excluding carboxylic acids is 1. The molecule has 4 heteroatoms. The first kappa shape index (κ1) is 12.3. The monoisotopic (exact) mass is 250 g/mol. The van der Waals surface area contributed by atoms with E-state index in [1.807, 2.05) is 12.1 Å². The maximum Gasteiger partial charge on any atom is 0.234 e. The van der Waals surface area contributed by atoms with E-state index < -0.39 is 0 Å². The summed E-state index contributed by atoms with van der Waals surface area (Å²) in [5.41, 5.74) is 7.11. The fraction of sp³-hybridized carbons (Fsp3) is 0.462. The van der Waals surface area contributed by atoms with Crippen molar-refractivity contribution in [2.45, 2.75) is 30.9 Å². The van der Waals surface area contributed by atoms with Crippen LogP contribution in [-0.2, 0) is 4.79 Å². The summed E-state index contributed by atoms with van der Waals surface area (Å²) in [6.45, 7) is 0. The summed E-state index contributed by atoms with van der Waals surface area (Å²) >= 11 is 1.78. The zero-order chi connectivity index (χ0) is 12.1. The first-order chi connectivity index (χ1) is 8.24. The predicted molar refractivity (Wildman–Crippen MR) is 74.2 cm³/mol. The molecule has 0 unspecified atom stereocenters. The van der Waals surface area contributed by atoms with Crippen molar-refractivity contribution in [2.24, 2.45) is 0 Å². The van der Waals surface area contributed by atoms with Gasteiger partial charge in [-0.2, -0.15) is 0 Å². The number of nitrogens with one attached hydrogen (secondary N) is 1. The van der Waals surface area contributed by atoms with Crippen molar-refractivity contribution >= 4 is 29.0 Å². The van der Waals surface area contributed by atoms with E-state index in [2.05, 4.69) is 5.32 Å². The number of rotatable bonds is 4. The molecule has 0 radical (unpaired) electrons. The summed E-state index contributed by atoms with van der Waals surface area (Å²) in [6, 6.07) is 7.24. The highest BCUT2D eigenvalue weighted by Crippen LogP contribution is 2.29. The van der Waals surface area contributed by atoms with E-state index >= 15 is 0 Å². The molecule has 2 rings (SSSR count). The van der Waals surface area contributed by atoms with Crippen LogP contribution in [-0.4, -0.2) is 16.9 Å². The Hall–Kier alpha value is -1.16. The fourth-order valence-electron chi connectivity index (χ4n) is 2.01. The maximum absolute atomic E-state index is 11.7. The first-order valence-electron chi connectivity index (χ1n) is 6.01. The van der Waals surface area contributed by atoms with Crippen LogP contribution in [0.1, 0.15) is 25.7 Å². The zero-order valence-corrected chi connectivity index (χ0v) is 10.6. The molecule has 0 bridgehead atoms. The standard InChI is InChI=1S/C13H18N2OS/c14-10-5-7-11(8-6-10)15-13(16)9-17-12-3-1-2-4-12/h5-8,12H,1-4,9,14H2,(H,15,16). The molecule has 1 fully saturated rings. The number of nitrogen functional groups attached to an aromatic ring is 1. The number of carbonyl (C=O) groups is 1. The van der Waals surface area contributed by atoms with Gasteiger partial charge in [-0.05, 0) is 37.1 Å². The Balaban J connectivity index is 1.74. The predicted octanol–water partition coefficient (Wildman–Crippen LogP) is 2.88. The zero-order valence-electron chi connectivity index (χ0n) is 9.82. The normalized spacial score (nSPS) is 16.0. The molecule has 92 valence electrons. The molecule has 0 aromatic heterocycles. The Morgan fingerprint density at radius 2 is 1.94 bits per heavy atom. The topological polar surface area (TPSA) is 55.1 Å². The van der Waals surface area contributed by atoms with Crippen LogP contribution in [0, 0.1) is 0 Å². The minimum atomic E-state index is 0.0756. The summed E-state index contributed by atoms with van der Waals surface area (Å²) in [7, 11) is 0. The molecule has 0 spiro atoms. The van der Waals surface area contributed by atoms with Crippen molar-refractivity contribution in [1.82, 2.24) is 0 Å². The summed E-state index contributed by atoms with van der Waals surface area (Å²) in [5, 5.41) is 3.56. The second-order valence-corrected chi connectivity index (χ2v) is 5.68. The van der Waals surface area contributed by atoms with E-state index in [0.29, 0.717) is 16.7 Å². The van der Waals surface area contributed by atoms with Crippen molar-refractivity contribution in [3.8, 4) is 0 Å². The minimum absolute atomic E-state index is 0.0756. The Morgan fingerprint density at radius 1 is 1.29 bits per heavy atom. The van der Waals surface area contributed by atoms with Gasteiger partial charge in [0.1, 0.15) is 0 Å². The van der Waals surface area contributed by atoms with Crippen molar-refractivity contribution in [1.29, 1.82) is 0 Å². The maximum atomic E-state index is 11.7. The molecule has 0 saturated heterocycles. The molecule has 17 heavy (non-hydrogen) atoms. The molecular weight excluding hydrogens is 232 g/mol. The average Bonchev–Trinajstić information content (AvgIpc) is 2.83. The molecule has 0 atom stereocenters. The lowest BCUT2D eigenvalue weighted by Crippen LogP contribution is -2.15. The van der Waals surface area contributed by atoms with Crippen molar-refractivity contribution in [3.05, 3.63) is 24.3 Å². The largest absolute Gasteiger partial charge is 0.399 e.